The van der Waals surface area contributed by atoms with Crippen LogP contribution in [-0.2, 0) is 4.79 Å². The summed E-state index contributed by atoms with van der Waals surface area (Å²) < 4.78 is 21.6. The van der Waals surface area contributed by atoms with Gasteiger partial charge in [0, 0.05) is 42.4 Å². The fourth-order valence-corrected chi connectivity index (χ4v) is 5.99. The summed E-state index contributed by atoms with van der Waals surface area (Å²) in [6, 6.07) is 12.5. The maximum atomic E-state index is 15.7. The predicted molar refractivity (Wildman–Crippen MR) is 170 cm³/mol. The number of halogens is 1. The summed E-state index contributed by atoms with van der Waals surface area (Å²) in [7, 11) is 1.74. The lowest BCUT2D eigenvalue weighted by molar-refractivity contribution is -0.133. The molecule has 228 valence electrons. The number of likely N-dealkylation sites (tertiary alicyclic amines) is 1. The number of carbonyl (C=O) groups is 1. The van der Waals surface area contributed by atoms with E-state index in [1.54, 1.807) is 44.3 Å². The monoisotopic (exact) mass is 596 g/mol. The molecule has 0 spiro atoms. The summed E-state index contributed by atoms with van der Waals surface area (Å²) in [6.45, 7) is 9.55. The van der Waals surface area contributed by atoms with Crippen LogP contribution in [-0.4, -0.2) is 44.9 Å². The van der Waals surface area contributed by atoms with Crippen molar-refractivity contribution < 1.29 is 13.9 Å². The molecule has 2 aromatic carbocycles. The van der Waals surface area contributed by atoms with Crippen molar-refractivity contribution in [2.24, 2.45) is 5.11 Å². The second kappa shape index (κ2) is 13.2. The molecule has 0 aliphatic carbocycles. The molecular weight excluding hydrogens is 559 g/mol. The van der Waals surface area contributed by atoms with E-state index in [0.717, 1.165) is 31.4 Å². The number of ether oxygens (including phenoxy) is 1. The van der Waals surface area contributed by atoms with Crippen LogP contribution in [0.3, 0.4) is 0 Å². The van der Waals surface area contributed by atoms with Gasteiger partial charge in [0.2, 0.25) is 5.91 Å². The summed E-state index contributed by atoms with van der Waals surface area (Å²) in [5, 5.41) is 9.62. The molecule has 1 aliphatic rings. The van der Waals surface area contributed by atoms with Gasteiger partial charge in [-0.3, -0.25) is 4.79 Å². The third-order valence-electron chi connectivity index (χ3n) is 8.37. The van der Waals surface area contributed by atoms with E-state index in [1.165, 1.54) is 12.4 Å². The number of pyridine rings is 1. The Balaban J connectivity index is 1.42. The number of nitrogens with zero attached hydrogens (tertiary/aromatic N) is 5. The minimum Gasteiger partial charge on any atom is -0.457 e. The zero-order valence-electron chi connectivity index (χ0n) is 25.4. The molecule has 11 heteroatoms. The first-order chi connectivity index (χ1) is 21.3. The van der Waals surface area contributed by atoms with Crippen molar-refractivity contribution in [3.63, 3.8) is 0 Å². The van der Waals surface area contributed by atoms with E-state index in [2.05, 4.69) is 46.1 Å². The van der Waals surface area contributed by atoms with Crippen molar-refractivity contribution in [3.8, 4) is 11.5 Å². The van der Waals surface area contributed by atoms with Gasteiger partial charge in [-0.2, -0.15) is 5.11 Å². The Kier molecular flexibility index (Phi) is 9.12. The number of anilines is 3. The highest BCUT2D eigenvalue weighted by Gasteiger charge is 2.37. The fourth-order valence-electron chi connectivity index (χ4n) is 5.99. The van der Waals surface area contributed by atoms with E-state index in [1.807, 2.05) is 17.0 Å². The molecule has 10 nitrogen and oxygen atoms in total. The minimum atomic E-state index is -0.488. The Labute approximate surface area is 256 Å². The van der Waals surface area contributed by atoms with Crippen molar-refractivity contribution >= 4 is 39.8 Å². The third-order valence-corrected chi connectivity index (χ3v) is 8.37. The van der Waals surface area contributed by atoms with Gasteiger partial charge in [-0.05, 0) is 75.1 Å². The number of nitrogens with one attached hydrogen (secondary N) is 3. The van der Waals surface area contributed by atoms with E-state index in [9.17, 15) is 4.79 Å². The molecule has 1 saturated heterocycles. The second-order valence-electron chi connectivity index (χ2n) is 10.9. The van der Waals surface area contributed by atoms with Gasteiger partial charge in [-0.1, -0.05) is 20.4 Å². The standard InChI is InChI=1S/C33H37FN8O2/c1-6-21-15-20(16-22(7-2)42(21)30(43)8-3)24-11-12-27-32(39-24)33(38-18-37-27)40-26-13-14-29(19(4)31(26)34)44-23-9-10-25(36-5)28(17-23)41-35/h8-14,17-18,20-22,35-36H,3,6-7,15-16H2,1-2,4-5H3,(H,37,38,40). The predicted octanol–water partition coefficient (Wildman–Crippen LogP) is 8.16. The maximum Gasteiger partial charge on any atom is 0.246 e. The number of hydrogen-bond donors (Lipinski definition) is 3. The molecule has 4 aromatic rings. The van der Waals surface area contributed by atoms with Crippen molar-refractivity contribution in [3.05, 3.63) is 78.5 Å². The van der Waals surface area contributed by atoms with Gasteiger partial charge in [-0.15, -0.1) is 0 Å². The van der Waals surface area contributed by atoms with E-state index in [-0.39, 0.29) is 29.6 Å². The van der Waals surface area contributed by atoms with Gasteiger partial charge in [0.1, 0.15) is 29.0 Å². The number of rotatable bonds is 10. The van der Waals surface area contributed by atoms with E-state index in [0.29, 0.717) is 45.3 Å². The highest BCUT2D eigenvalue weighted by molar-refractivity contribution is 5.88. The van der Waals surface area contributed by atoms with Crippen molar-refractivity contribution in [1.82, 2.24) is 19.9 Å². The molecule has 2 aromatic heterocycles. The molecule has 5 rings (SSSR count). The van der Waals surface area contributed by atoms with Gasteiger partial charge in [0.25, 0.3) is 0 Å². The number of carbonyl (C=O) groups excluding carboxylic acids is 1. The van der Waals surface area contributed by atoms with Crippen LogP contribution < -0.4 is 15.4 Å². The van der Waals surface area contributed by atoms with Gasteiger partial charge in [-0.25, -0.2) is 24.9 Å². The first-order valence-corrected chi connectivity index (χ1v) is 14.8. The summed E-state index contributed by atoms with van der Waals surface area (Å²) in [4.78, 5) is 28.5. The first kappa shape index (κ1) is 30.5. The SMILES string of the molecule is C=CC(=O)N1C(CC)CC(c2ccc3ncnc(Nc4ccc(Oc5ccc(NC)c(N=N)c5)c(C)c4F)c3n2)CC1CC. The summed E-state index contributed by atoms with van der Waals surface area (Å²) in [5.41, 5.74) is 11.1. The van der Waals surface area contributed by atoms with Crippen molar-refractivity contribution in [1.29, 1.82) is 5.53 Å². The topological polar surface area (TPSA) is 128 Å². The lowest BCUT2D eigenvalue weighted by Gasteiger charge is -2.44. The summed E-state index contributed by atoms with van der Waals surface area (Å²) >= 11 is 0. The van der Waals surface area contributed by atoms with Crippen LogP contribution >= 0.6 is 0 Å². The molecule has 0 saturated carbocycles. The quantitative estimate of drug-likeness (QED) is 0.124. The number of fused-ring (bicyclic) bond motifs is 1. The van der Waals surface area contributed by atoms with Gasteiger partial charge in [0.15, 0.2) is 11.6 Å². The third kappa shape index (κ3) is 5.95. The molecule has 1 aliphatic heterocycles. The fraction of sp³-hybridized carbons (Fsp3) is 0.333. The van der Waals surface area contributed by atoms with Crippen LogP contribution in [0, 0.1) is 18.3 Å². The van der Waals surface area contributed by atoms with Crippen LogP contribution in [0.25, 0.3) is 11.0 Å². The Morgan fingerprint density at radius 3 is 2.52 bits per heavy atom. The molecule has 1 fully saturated rings. The van der Waals surface area contributed by atoms with Crippen LogP contribution in [0.1, 0.15) is 56.7 Å². The molecule has 0 radical (unpaired) electrons. The molecule has 3 N–H and O–H groups in total. The number of hydrogen-bond acceptors (Lipinski definition) is 9. The molecular formula is C33H37FN8O2. The average molecular weight is 597 g/mol. The maximum absolute atomic E-state index is 15.7. The Bertz CT molecular complexity index is 1700. The van der Waals surface area contributed by atoms with Crippen molar-refractivity contribution in [2.45, 2.75) is 64.5 Å². The number of piperidine rings is 1. The van der Waals surface area contributed by atoms with Crippen molar-refractivity contribution in [2.75, 3.05) is 17.7 Å². The highest BCUT2D eigenvalue weighted by atomic mass is 19.1. The largest absolute Gasteiger partial charge is 0.457 e. The Morgan fingerprint density at radius 1 is 1.14 bits per heavy atom. The van der Waals surface area contributed by atoms with Gasteiger partial charge in [0.05, 0.1) is 16.9 Å². The summed E-state index contributed by atoms with van der Waals surface area (Å²) in [6.07, 6.45) is 6.11. The zero-order chi connectivity index (χ0) is 31.4. The van der Waals surface area contributed by atoms with Crippen LogP contribution in [0.4, 0.5) is 27.3 Å². The number of benzene rings is 2. The van der Waals surface area contributed by atoms with E-state index in [4.69, 9.17) is 15.3 Å². The van der Waals surface area contributed by atoms with E-state index >= 15 is 4.39 Å². The molecule has 2 atom stereocenters. The minimum absolute atomic E-state index is 0.0259. The molecule has 44 heavy (non-hydrogen) atoms. The first-order valence-electron chi connectivity index (χ1n) is 14.8. The van der Waals surface area contributed by atoms with Gasteiger partial charge >= 0.3 is 0 Å². The van der Waals surface area contributed by atoms with Crippen LogP contribution in [0.2, 0.25) is 0 Å². The molecule has 1 amide bonds. The van der Waals surface area contributed by atoms with E-state index < -0.39 is 5.82 Å². The lowest BCUT2D eigenvalue weighted by atomic mass is 9.81. The highest BCUT2D eigenvalue weighted by Crippen LogP contribution is 2.39. The van der Waals surface area contributed by atoms with Crippen LogP contribution in [0.5, 0.6) is 11.5 Å². The molecule has 2 unspecified atom stereocenters. The molecule has 3 heterocycles. The summed E-state index contributed by atoms with van der Waals surface area (Å²) in [5.74, 6) is 0.808. The second-order valence-corrected chi connectivity index (χ2v) is 10.9. The van der Waals surface area contributed by atoms with Crippen LogP contribution in [0.15, 0.2) is 66.6 Å². The average Bonchev–Trinajstić information content (AvgIpc) is 3.06. The number of amides is 1. The molecule has 0 bridgehead atoms. The smallest absolute Gasteiger partial charge is 0.246 e. The number of aromatic nitrogens is 3. The zero-order valence-corrected chi connectivity index (χ0v) is 25.4. The lowest BCUT2D eigenvalue weighted by Crippen LogP contribution is -2.50. The van der Waals surface area contributed by atoms with Gasteiger partial charge < -0.3 is 20.3 Å². The Morgan fingerprint density at radius 2 is 1.86 bits per heavy atom. The normalized spacial score (nSPS) is 18.1. The Hall–Kier alpha value is -4.93.